The molecule has 36 heavy (non-hydrogen) atoms. The number of rotatable bonds is 9. The van der Waals surface area contributed by atoms with E-state index in [9.17, 15) is 14.4 Å². The van der Waals surface area contributed by atoms with E-state index in [2.05, 4.69) is 10.6 Å². The topological polar surface area (TPSA) is 107 Å². The number of carbonyl (C=O) groups excluding carboxylic acids is 3. The molecule has 0 spiro atoms. The summed E-state index contributed by atoms with van der Waals surface area (Å²) in [4.78, 5) is 38.1. The lowest BCUT2D eigenvalue weighted by atomic mass is 10.1. The van der Waals surface area contributed by atoms with Crippen LogP contribution in [0.15, 0.2) is 102 Å². The average molecular weight is 485 g/mol. The Morgan fingerprint density at radius 3 is 2.25 bits per heavy atom. The fourth-order valence-corrected chi connectivity index (χ4v) is 3.50. The second-order valence-corrected chi connectivity index (χ2v) is 7.79. The summed E-state index contributed by atoms with van der Waals surface area (Å²) in [6.07, 6.45) is 1.62. The first kappa shape index (κ1) is 24.3. The smallest absolute Gasteiger partial charge is 0.334 e. The SMILES string of the molecule is COc1ccccc1C(=O)Nc1ccc(OC(=O)[C@H](Cc2ccccc2)NC(=O)c2ccco2)cc1. The monoisotopic (exact) mass is 484 g/mol. The van der Waals surface area contributed by atoms with Crippen molar-refractivity contribution in [3.63, 3.8) is 0 Å². The molecule has 0 radical (unpaired) electrons. The molecular weight excluding hydrogens is 460 g/mol. The molecule has 8 heteroatoms. The van der Waals surface area contributed by atoms with Gasteiger partial charge in [0.2, 0.25) is 0 Å². The highest BCUT2D eigenvalue weighted by molar-refractivity contribution is 6.06. The molecule has 1 heterocycles. The number of carbonyl (C=O) groups is 3. The Morgan fingerprint density at radius 2 is 1.56 bits per heavy atom. The molecule has 0 aliphatic heterocycles. The van der Waals surface area contributed by atoms with Gasteiger partial charge >= 0.3 is 5.97 Å². The van der Waals surface area contributed by atoms with Crippen LogP contribution in [0.3, 0.4) is 0 Å². The lowest BCUT2D eigenvalue weighted by Crippen LogP contribution is -2.44. The van der Waals surface area contributed by atoms with E-state index in [0.717, 1.165) is 5.56 Å². The summed E-state index contributed by atoms with van der Waals surface area (Å²) in [6.45, 7) is 0. The molecule has 2 amide bonds. The number of hydrogen-bond acceptors (Lipinski definition) is 6. The van der Waals surface area contributed by atoms with Crippen LogP contribution in [-0.4, -0.2) is 30.9 Å². The van der Waals surface area contributed by atoms with Gasteiger partial charge in [0.25, 0.3) is 11.8 Å². The van der Waals surface area contributed by atoms with Gasteiger partial charge in [-0.3, -0.25) is 9.59 Å². The van der Waals surface area contributed by atoms with Crippen LogP contribution in [0.5, 0.6) is 11.5 Å². The van der Waals surface area contributed by atoms with Crippen molar-refractivity contribution in [1.82, 2.24) is 5.32 Å². The zero-order valence-corrected chi connectivity index (χ0v) is 19.5. The van der Waals surface area contributed by atoms with Gasteiger partial charge in [-0.05, 0) is 54.1 Å². The molecule has 1 aromatic heterocycles. The lowest BCUT2D eigenvalue weighted by Gasteiger charge is -2.17. The number of methoxy groups -OCH3 is 1. The number of hydrogen-bond donors (Lipinski definition) is 2. The quantitative estimate of drug-likeness (QED) is 0.268. The van der Waals surface area contributed by atoms with Crippen molar-refractivity contribution in [2.75, 3.05) is 12.4 Å². The number of amides is 2. The van der Waals surface area contributed by atoms with Crippen LogP contribution in [0.2, 0.25) is 0 Å². The summed E-state index contributed by atoms with van der Waals surface area (Å²) >= 11 is 0. The molecule has 0 unspecified atom stereocenters. The highest BCUT2D eigenvalue weighted by Crippen LogP contribution is 2.21. The maximum Gasteiger partial charge on any atom is 0.334 e. The number of nitrogens with one attached hydrogen (secondary N) is 2. The number of benzene rings is 3. The van der Waals surface area contributed by atoms with Crippen molar-refractivity contribution in [2.24, 2.45) is 0 Å². The van der Waals surface area contributed by atoms with E-state index in [4.69, 9.17) is 13.9 Å². The van der Waals surface area contributed by atoms with Crippen LogP contribution in [0.1, 0.15) is 26.5 Å². The predicted molar refractivity (Wildman–Crippen MR) is 133 cm³/mol. The van der Waals surface area contributed by atoms with Crippen molar-refractivity contribution in [1.29, 1.82) is 0 Å². The minimum atomic E-state index is -0.949. The summed E-state index contributed by atoms with van der Waals surface area (Å²) in [5.74, 6) is -0.671. The zero-order chi connectivity index (χ0) is 25.3. The van der Waals surface area contributed by atoms with Crippen LogP contribution in [0.4, 0.5) is 5.69 Å². The van der Waals surface area contributed by atoms with Gasteiger partial charge in [-0.2, -0.15) is 0 Å². The Bertz CT molecular complexity index is 1320. The van der Waals surface area contributed by atoms with Gasteiger partial charge in [0, 0.05) is 12.1 Å². The molecule has 0 saturated carbocycles. The lowest BCUT2D eigenvalue weighted by molar-refractivity contribution is -0.136. The van der Waals surface area contributed by atoms with E-state index in [0.29, 0.717) is 17.0 Å². The van der Waals surface area contributed by atoms with Crippen LogP contribution < -0.4 is 20.1 Å². The zero-order valence-electron chi connectivity index (χ0n) is 19.5. The van der Waals surface area contributed by atoms with Crippen molar-refractivity contribution in [2.45, 2.75) is 12.5 Å². The van der Waals surface area contributed by atoms with Gasteiger partial charge < -0.3 is 24.5 Å². The molecule has 0 bridgehead atoms. The summed E-state index contributed by atoms with van der Waals surface area (Å²) in [5.41, 5.74) is 1.76. The molecular formula is C28H24N2O6. The molecule has 1 atom stereocenters. The Balaban J connectivity index is 1.43. The Hall–Kier alpha value is -4.85. The maximum atomic E-state index is 13.0. The minimum absolute atomic E-state index is 0.0935. The molecule has 8 nitrogen and oxygen atoms in total. The van der Waals surface area contributed by atoms with Crippen LogP contribution in [0, 0.1) is 0 Å². The molecule has 0 aliphatic carbocycles. The van der Waals surface area contributed by atoms with E-state index in [1.54, 1.807) is 54.6 Å². The van der Waals surface area contributed by atoms with Gasteiger partial charge in [0.15, 0.2) is 5.76 Å². The number of ether oxygens (including phenoxy) is 2. The van der Waals surface area contributed by atoms with Gasteiger partial charge in [-0.1, -0.05) is 42.5 Å². The van der Waals surface area contributed by atoms with E-state index in [-0.39, 0.29) is 23.8 Å². The standard InChI is InChI=1S/C28H24N2O6/c1-34-24-11-6-5-10-22(24)26(31)29-20-13-15-21(16-14-20)36-28(33)23(18-19-8-3-2-4-9-19)30-27(32)25-12-7-17-35-25/h2-17,23H,18H2,1H3,(H,29,31)(H,30,32)/t23-/m0/s1. The first-order chi connectivity index (χ1) is 17.5. The number of furan rings is 1. The average Bonchev–Trinajstić information content (AvgIpc) is 3.45. The fraction of sp³-hybridized carbons (Fsp3) is 0.107. The van der Waals surface area contributed by atoms with Crippen LogP contribution in [0.25, 0.3) is 0 Å². The largest absolute Gasteiger partial charge is 0.496 e. The van der Waals surface area contributed by atoms with Crippen molar-refractivity contribution >= 4 is 23.5 Å². The van der Waals surface area contributed by atoms with Crippen molar-refractivity contribution < 1.29 is 28.3 Å². The number of esters is 1. The summed E-state index contributed by atoms with van der Waals surface area (Å²) < 4.78 is 15.9. The third kappa shape index (κ3) is 6.18. The highest BCUT2D eigenvalue weighted by atomic mass is 16.5. The van der Waals surface area contributed by atoms with Crippen LogP contribution in [-0.2, 0) is 11.2 Å². The molecule has 0 fully saturated rings. The molecule has 4 aromatic rings. The number of para-hydroxylation sites is 1. The van der Waals surface area contributed by atoms with E-state index in [1.807, 2.05) is 30.3 Å². The normalized spacial score (nSPS) is 11.2. The van der Waals surface area contributed by atoms with E-state index < -0.39 is 17.9 Å². The molecule has 2 N–H and O–H groups in total. The van der Waals surface area contributed by atoms with Gasteiger partial charge in [-0.25, -0.2) is 4.79 Å². The Morgan fingerprint density at radius 1 is 0.833 bits per heavy atom. The summed E-state index contributed by atoms with van der Waals surface area (Å²) in [5, 5.41) is 5.46. The first-order valence-corrected chi connectivity index (χ1v) is 11.2. The molecule has 3 aromatic carbocycles. The minimum Gasteiger partial charge on any atom is -0.496 e. The van der Waals surface area contributed by atoms with Gasteiger partial charge in [-0.15, -0.1) is 0 Å². The second kappa shape index (κ2) is 11.5. The number of anilines is 1. The Labute approximate surface area is 207 Å². The third-order valence-corrected chi connectivity index (χ3v) is 5.30. The van der Waals surface area contributed by atoms with E-state index in [1.165, 1.54) is 19.4 Å². The van der Waals surface area contributed by atoms with Crippen molar-refractivity contribution in [3.05, 3.63) is 114 Å². The predicted octanol–water partition coefficient (Wildman–Crippen LogP) is 4.49. The van der Waals surface area contributed by atoms with Gasteiger partial charge in [0.05, 0.1) is 18.9 Å². The Kier molecular flexibility index (Phi) is 7.77. The maximum absolute atomic E-state index is 13.0. The molecule has 182 valence electrons. The van der Waals surface area contributed by atoms with Gasteiger partial charge in [0.1, 0.15) is 17.5 Å². The van der Waals surface area contributed by atoms with Crippen LogP contribution >= 0.6 is 0 Å². The van der Waals surface area contributed by atoms with E-state index >= 15 is 0 Å². The molecule has 4 rings (SSSR count). The summed E-state index contributed by atoms with van der Waals surface area (Å²) in [7, 11) is 1.50. The third-order valence-electron chi connectivity index (χ3n) is 5.30. The highest BCUT2D eigenvalue weighted by Gasteiger charge is 2.25. The summed E-state index contributed by atoms with van der Waals surface area (Å²) in [6, 6.07) is 24.7. The fourth-order valence-electron chi connectivity index (χ4n) is 3.50. The molecule has 0 aliphatic rings. The van der Waals surface area contributed by atoms with Crippen molar-refractivity contribution in [3.8, 4) is 11.5 Å². The second-order valence-electron chi connectivity index (χ2n) is 7.79. The first-order valence-electron chi connectivity index (χ1n) is 11.2. The molecule has 0 saturated heterocycles.